The third-order valence-corrected chi connectivity index (χ3v) is 1.37. The monoisotopic (exact) mass is 131 g/mol. The molecule has 0 amide bonds. The normalized spacial score (nSPS) is 27.3. The van der Waals surface area contributed by atoms with Crippen molar-refractivity contribution in [2.75, 3.05) is 20.1 Å². The maximum Gasteiger partial charge on any atom is 0.0679 e. The van der Waals surface area contributed by atoms with E-state index in [1.165, 1.54) is 0 Å². The third-order valence-electron chi connectivity index (χ3n) is 1.37. The second kappa shape index (κ2) is 4.77. The van der Waals surface area contributed by atoms with Crippen LogP contribution in [0.15, 0.2) is 0 Å². The minimum absolute atomic E-state index is 0.0509. The average Bonchev–Trinajstić information content (AvgIpc) is 2.20. The Balaban J connectivity index is 0.000000291. The number of aliphatic hydroxyl groups excluding tert-OH is 1. The number of aliphatic hydroxyl groups is 1. The molecule has 1 N–H and O–H groups in total. The van der Waals surface area contributed by atoms with Crippen LogP contribution in [0.1, 0.15) is 20.3 Å². The molecule has 0 saturated carbocycles. The second-order valence-electron chi connectivity index (χ2n) is 2.20. The van der Waals surface area contributed by atoms with E-state index >= 15 is 0 Å². The van der Waals surface area contributed by atoms with Gasteiger partial charge in [0.05, 0.1) is 6.10 Å². The van der Waals surface area contributed by atoms with Crippen LogP contribution >= 0.6 is 0 Å². The molecular weight excluding hydrogens is 114 g/mol. The van der Waals surface area contributed by atoms with Crippen molar-refractivity contribution in [3.8, 4) is 0 Å². The molecule has 0 aromatic heterocycles. The lowest BCUT2D eigenvalue weighted by Gasteiger charge is -2.02. The number of hydrogen-bond acceptors (Lipinski definition) is 2. The van der Waals surface area contributed by atoms with E-state index in [9.17, 15) is 0 Å². The topological polar surface area (TPSA) is 23.5 Å². The first kappa shape index (κ1) is 8.92. The van der Waals surface area contributed by atoms with Crippen LogP contribution in [0.4, 0.5) is 0 Å². The van der Waals surface area contributed by atoms with Crippen LogP contribution in [0.25, 0.3) is 0 Å². The summed E-state index contributed by atoms with van der Waals surface area (Å²) in [6.45, 7) is 5.92. The van der Waals surface area contributed by atoms with E-state index in [1.807, 2.05) is 20.9 Å². The third kappa shape index (κ3) is 3.49. The number of likely N-dealkylation sites (tertiary alicyclic amines) is 1. The highest BCUT2D eigenvalue weighted by Gasteiger charge is 2.14. The van der Waals surface area contributed by atoms with Crippen LogP contribution in [0.5, 0.6) is 0 Å². The molecule has 1 heterocycles. The zero-order valence-electron chi connectivity index (χ0n) is 6.59. The molecule has 1 fully saturated rings. The molecule has 0 radical (unpaired) electrons. The number of nitrogens with zero attached hydrogens (tertiary/aromatic N) is 1. The number of β-amino-alcohol motifs (C(OH)–C–C–N with tert-alkyl or cyclic N) is 1. The summed E-state index contributed by atoms with van der Waals surface area (Å²) in [5, 5.41) is 8.86. The van der Waals surface area contributed by atoms with Gasteiger partial charge < -0.3 is 10.0 Å². The first-order valence-corrected chi connectivity index (χ1v) is 3.65. The lowest BCUT2D eigenvalue weighted by Crippen LogP contribution is -2.15. The van der Waals surface area contributed by atoms with Gasteiger partial charge in [-0.3, -0.25) is 0 Å². The van der Waals surface area contributed by atoms with E-state index < -0.39 is 0 Å². The fourth-order valence-corrected chi connectivity index (χ4v) is 0.912. The summed E-state index contributed by atoms with van der Waals surface area (Å²) in [7, 11) is 2.02. The molecule has 1 saturated heterocycles. The maximum atomic E-state index is 8.86. The van der Waals surface area contributed by atoms with Crippen molar-refractivity contribution >= 4 is 0 Å². The molecule has 1 aliphatic rings. The van der Waals surface area contributed by atoms with Crippen molar-refractivity contribution < 1.29 is 5.11 Å². The van der Waals surface area contributed by atoms with Gasteiger partial charge in [0.1, 0.15) is 0 Å². The molecule has 0 bridgehead atoms. The van der Waals surface area contributed by atoms with Crippen molar-refractivity contribution in [3.63, 3.8) is 0 Å². The summed E-state index contributed by atoms with van der Waals surface area (Å²) in [6.07, 6.45) is 0.904. The summed E-state index contributed by atoms with van der Waals surface area (Å²) in [5.41, 5.74) is 0. The van der Waals surface area contributed by atoms with Crippen molar-refractivity contribution in [1.82, 2.24) is 4.90 Å². The van der Waals surface area contributed by atoms with E-state index in [-0.39, 0.29) is 6.10 Å². The fourth-order valence-electron chi connectivity index (χ4n) is 0.912. The van der Waals surface area contributed by atoms with Gasteiger partial charge in [0.2, 0.25) is 0 Å². The summed E-state index contributed by atoms with van der Waals surface area (Å²) < 4.78 is 0. The molecule has 0 aromatic carbocycles. The summed E-state index contributed by atoms with van der Waals surface area (Å²) in [5.74, 6) is 0. The van der Waals surface area contributed by atoms with Crippen LogP contribution in [-0.2, 0) is 0 Å². The van der Waals surface area contributed by atoms with E-state index in [0.717, 1.165) is 19.5 Å². The molecule has 0 aliphatic carbocycles. The number of rotatable bonds is 0. The Bertz CT molecular complexity index is 57.9. The Hall–Kier alpha value is -0.0800. The van der Waals surface area contributed by atoms with Gasteiger partial charge >= 0.3 is 0 Å². The molecule has 2 heteroatoms. The quantitative estimate of drug-likeness (QED) is 0.523. The highest BCUT2D eigenvalue weighted by Crippen LogP contribution is 2.03. The van der Waals surface area contributed by atoms with Gasteiger partial charge in [-0.05, 0) is 13.5 Å². The van der Waals surface area contributed by atoms with Gasteiger partial charge in [-0.25, -0.2) is 0 Å². The van der Waals surface area contributed by atoms with Gasteiger partial charge in [-0.2, -0.15) is 0 Å². The molecule has 1 aliphatic heterocycles. The van der Waals surface area contributed by atoms with E-state index in [0.29, 0.717) is 0 Å². The van der Waals surface area contributed by atoms with E-state index in [1.54, 1.807) is 0 Å². The molecule has 9 heavy (non-hydrogen) atoms. The summed E-state index contributed by atoms with van der Waals surface area (Å²) in [6, 6.07) is 0. The van der Waals surface area contributed by atoms with Crippen LogP contribution in [-0.4, -0.2) is 36.2 Å². The van der Waals surface area contributed by atoms with Crippen LogP contribution in [0, 0.1) is 0 Å². The number of hydrogen-bond donors (Lipinski definition) is 1. The Kier molecular flexibility index (Phi) is 4.72. The second-order valence-corrected chi connectivity index (χ2v) is 2.20. The van der Waals surface area contributed by atoms with Gasteiger partial charge in [-0.15, -0.1) is 0 Å². The number of likely N-dealkylation sites (N-methyl/N-ethyl adjacent to an activating group) is 1. The van der Waals surface area contributed by atoms with Crippen LogP contribution in [0.3, 0.4) is 0 Å². The first-order valence-electron chi connectivity index (χ1n) is 3.65. The van der Waals surface area contributed by atoms with Gasteiger partial charge in [0.25, 0.3) is 0 Å². The zero-order chi connectivity index (χ0) is 7.28. The van der Waals surface area contributed by atoms with Gasteiger partial charge in [0.15, 0.2) is 0 Å². The zero-order valence-corrected chi connectivity index (χ0v) is 6.59. The molecule has 0 aromatic rings. The Morgan fingerprint density at radius 3 is 2.11 bits per heavy atom. The predicted molar refractivity (Wildman–Crippen MR) is 39.5 cm³/mol. The van der Waals surface area contributed by atoms with Crippen molar-refractivity contribution in [2.24, 2.45) is 0 Å². The SMILES string of the molecule is CC.CN1CC[C@@H](O)C1. The minimum Gasteiger partial charge on any atom is -0.392 e. The average molecular weight is 131 g/mol. The fraction of sp³-hybridized carbons (Fsp3) is 1.00. The maximum absolute atomic E-state index is 8.86. The molecule has 1 atom stereocenters. The van der Waals surface area contributed by atoms with Gasteiger partial charge in [0, 0.05) is 13.1 Å². The Morgan fingerprint density at radius 2 is 2.00 bits per heavy atom. The van der Waals surface area contributed by atoms with E-state index in [4.69, 9.17) is 5.11 Å². The highest BCUT2D eigenvalue weighted by atomic mass is 16.3. The minimum atomic E-state index is -0.0509. The van der Waals surface area contributed by atoms with Crippen molar-refractivity contribution in [1.29, 1.82) is 0 Å². The highest BCUT2D eigenvalue weighted by molar-refractivity contribution is 4.70. The smallest absolute Gasteiger partial charge is 0.0679 e. The summed E-state index contributed by atoms with van der Waals surface area (Å²) in [4.78, 5) is 2.13. The molecule has 0 spiro atoms. The van der Waals surface area contributed by atoms with Crippen molar-refractivity contribution in [2.45, 2.75) is 26.4 Å². The summed E-state index contributed by atoms with van der Waals surface area (Å²) >= 11 is 0. The molecule has 2 nitrogen and oxygen atoms in total. The Morgan fingerprint density at radius 1 is 1.44 bits per heavy atom. The van der Waals surface area contributed by atoms with E-state index in [2.05, 4.69) is 4.90 Å². The lowest BCUT2D eigenvalue weighted by molar-refractivity contribution is 0.183. The molecule has 56 valence electrons. The predicted octanol–water partition coefficient (Wildman–Crippen LogP) is 0.709. The standard InChI is InChI=1S/C5H11NO.C2H6/c1-6-3-2-5(7)4-6;1-2/h5,7H,2-4H2,1H3;1-2H3/t5-;/m1./s1. The largest absolute Gasteiger partial charge is 0.392 e. The Labute approximate surface area is 57.5 Å². The lowest BCUT2D eigenvalue weighted by atomic mass is 10.3. The molecular formula is C7H17NO. The molecule has 1 rings (SSSR count). The molecule has 0 unspecified atom stereocenters. The van der Waals surface area contributed by atoms with Crippen LogP contribution < -0.4 is 0 Å². The van der Waals surface area contributed by atoms with Crippen LogP contribution in [0.2, 0.25) is 0 Å². The van der Waals surface area contributed by atoms with Crippen molar-refractivity contribution in [3.05, 3.63) is 0 Å². The first-order chi connectivity index (χ1) is 4.29. The van der Waals surface area contributed by atoms with Gasteiger partial charge in [-0.1, -0.05) is 13.8 Å².